The SMILES string of the molecule is Cc1cc(C)cc(NC(=O)c2cc([N+](=O)[O-])cn2C)c1. The van der Waals surface area contributed by atoms with Crippen molar-refractivity contribution in [2.45, 2.75) is 13.8 Å². The summed E-state index contributed by atoms with van der Waals surface area (Å²) in [5.74, 6) is -0.370. The van der Waals surface area contributed by atoms with Gasteiger partial charge < -0.3 is 9.88 Å². The second-order valence-corrected chi connectivity index (χ2v) is 4.78. The molecule has 1 N–H and O–H groups in total. The Balaban J connectivity index is 2.26. The monoisotopic (exact) mass is 273 g/mol. The van der Waals surface area contributed by atoms with Crippen LogP contribution < -0.4 is 5.32 Å². The maximum Gasteiger partial charge on any atom is 0.287 e. The smallest absolute Gasteiger partial charge is 0.287 e. The Morgan fingerprint density at radius 3 is 2.30 bits per heavy atom. The lowest BCUT2D eigenvalue weighted by molar-refractivity contribution is -0.384. The van der Waals surface area contributed by atoms with Gasteiger partial charge in [-0.25, -0.2) is 0 Å². The number of carbonyl (C=O) groups is 1. The summed E-state index contributed by atoms with van der Waals surface area (Å²) in [6.07, 6.45) is 1.32. The van der Waals surface area contributed by atoms with E-state index in [9.17, 15) is 14.9 Å². The van der Waals surface area contributed by atoms with Crippen LogP contribution in [0, 0.1) is 24.0 Å². The Morgan fingerprint density at radius 2 is 1.80 bits per heavy atom. The van der Waals surface area contributed by atoms with Gasteiger partial charge in [-0.2, -0.15) is 0 Å². The second kappa shape index (κ2) is 5.16. The van der Waals surface area contributed by atoms with Crippen LogP contribution in [0.3, 0.4) is 0 Å². The van der Waals surface area contributed by atoms with Gasteiger partial charge in [0.2, 0.25) is 0 Å². The van der Waals surface area contributed by atoms with Gasteiger partial charge in [0.1, 0.15) is 5.69 Å². The van der Waals surface area contributed by atoms with Crippen LogP contribution in [0.1, 0.15) is 21.6 Å². The van der Waals surface area contributed by atoms with Crippen LogP contribution in [0.25, 0.3) is 0 Å². The fourth-order valence-corrected chi connectivity index (χ4v) is 2.11. The molecule has 1 aromatic heterocycles. The van der Waals surface area contributed by atoms with Crippen molar-refractivity contribution in [3.8, 4) is 0 Å². The van der Waals surface area contributed by atoms with Crippen LogP contribution in [0.4, 0.5) is 11.4 Å². The number of aryl methyl sites for hydroxylation is 3. The Kier molecular flexibility index (Phi) is 3.56. The van der Waals surface area contributed by atoms with Gasteiger partial charge in [0.25, 0.3) is 11.6 Å². The molecule has 0 aliphatic heterocycles. The molecular weight excluding hydrogens is 258 g/mol. The molecule has 6 nitrogen and oxygen atoms in total. The Labute approximate surface area is 116 Å². The molecule has 1 heterocycles. The number of benzene rings is 1. The van der Waals surface area contributed by atoms with Crippen LogP contribution in [0.15, 0.2) is 30.5 Å². The zero-order valence-electron chi connectivity index (χ0n) is 11.5. The summed E-state index contributed by atoms with van der Waals surface area (Å²) in [7, 11) is 1.60. The fourth-order valence-electron chi connectivity index (χ4n) is 2.11. The lowest BCUT2D eigenvalue weighted by atomic mass is 10.1. The topological polar surface area (TPSA) is 77.2 Å². The quantitative estimate of drug-likeness (QED) is 0.690. The number of hydrogen-bond donors (Lipinski definition) is 1. The van der Waals surface area contributed by atoms with E-state index in [1.165, 1.54) is 16.8 Å². The largest absolute Gasteiger partial charge is 0.340 e. The normalized spacial score (nSPS) is 10.3. The van der Waals surface area contributed by atoms with E-state index in [-0.39, 0.29) is 17.3 Å². The summed E-state index contributed by atoms with van der Waals surface area (Å²) in [5, 5.41) is 13.4. The average Bonchev–Trinajstić information content (AvgIpc) is 2.70. The molecule has 104 valence electrons. The van der Waals surface area contributed by atoms with Gasteiger partial charge in [-0.05, 0) is 37.1 Å². The molecule has 0 saturated heterocycles. The van der Waals surface area contributed by atoms with Crippen molar-refractivity contribution in [2.75, 3.05) is 5.32 Å². The van der Waals surface area contributed by atoms with E-state index in [0.29, 0.717) is 5.69 Å². The lowest BCUT2D eigenvalue weighted by Gasteiger charge is -2.07. The predicted octanol–water partition coefficient (Wildman–Crippen LogP) is 2.80. The number of anilines is 1. The maximum absolute atomic E-state index is 12.1. The molecule has 0 saturated carbocycles. The van der Waals surface area contributed by atoms with E-state index in [4.69, 9.17) is 0 Å². The van der Waals surface area contributed by atoms with E-state index in [1.54, 1.807) is 7.05 Å². The van der Waals surface area contributed by atoms with Crippen molar-refractivity contribution >= 4 is 17.3 Å². The molecule has 0 unspecified atom stereocenters. The minimum absolute atomic E-state index is 0.0990. The first-order chi connectivity index (χ1) is 9.36. The first kappa shape index (κ1) is 13.8. The van der Waals surface area contributed by atoms with Gasteiger partial charge in [0.05, 0.1) is 11.1 Å². The summed E-state index contributed by atoms with van der Waals surface area (Å²) in [6, 6.07) is 6.96. The number of nitro groups is 1. The molecule has 0 radical (unpaired) electrons. The summed E-state index contributed by atoms with van der Waals surface area (Å²) >= 11 is 0. The third kappa shape index (κ3) is 2.85. The van der Waals surface area contributed by atoms with E-state index < -0.39 is 4.92 Å². The van der Waals surface area contributed by atoms with Crippen molar-refractivity contribution in [3.63, 3.8) is 0 Å². The molecule has 0 aliphatic carbocycles. The summed E-state index contributed by atoms with van der Waals surface area (Å²) in [6.45, 7) is 3.88. The molecule has 20 heavy (non-hydrogen) atoms. The highest BCUT2D eigenvalue weighted by Crippen LogP contribution is 2.18. The Bertz CT molecular complexity index is 669. The van der Waals surface area contributed by atoms with E-state index in [1.807, 2.05) is 32.0 Å². The van der Waals surface area contributed by atoms with Crippen LogP contribution in [0.2, 0.25) is 0 Å². The van der Waals surface area contributed by atoms with E-state index >= 15 is 0 Å². The molecular formula is C14H15N3O3. The highest BCUT2D eigenvalue weighted by Gasteiger charge is 2.17. The van der Waals surface area contributed by atoms with Crippen molar-refractivity contribution in [1.82, 2.24) is 4.57 Å². The molecule has 0 bridgehead atoms. The molecule has 1 aromatic carbocycles. The molecule has 1 amide bonds. The Hall–Kier alpha value is -2.63. The first-order valence-electron chi connectivity index (χ1n) is 6.07. The average molecular weight is 273 g/mol. The Morgan fingerprint density at radius 1 is 1.20 bits per heavy atom. The minimum Gasteiger partial charge on any atom is -0.340 e. The van der Waals surface area contributed by atoms with Crippen LogP contribution in [-0.2, 0) is 7.05 Å². The van der Waals surface area contributed by atoms with Crippen LogP contribution >= 0.6 is 0 Å². The fraction of sp³-hybridized carbons (Fsp3) is 0.214. The standard InChI is InChI=1S/C14H15N3O3/c1-9-4-10(2)6-11(5-9)15-14(18)13-7-12(17(19)20)8-16(13)3/h4-8H,1-3H3,(H,15,18). The second-order valence-electron chi connectivity index (χ2n) is 4.78. The summed E-state index contributed by atoms with van der Waals surface area (Å²) in [4.78, 5) is 22.3. The zero-order valence-corrected chi connectivity index (χ0v) is 11.5. The molecule has 2 aromatic rings. The third-order valence-corrected chi connectivity index (χ3v) is 2.91. The molecule has 2 rings (SSSR count). The summed E-state index contributed by atoms with van der Waals surface area (Å²) in [5.41, 5.74) is 2.90. The third-order valence-electron chi connectivity index (χ3n) is 2.91. The number of nitrogens with zero attached hydrogens (tertiary/aromatic N) is 2. The molecule has 0 spiro atoms. The van der Waals surface area contributed by atoms with Gasteiger partial charge in [0, 0.05) is 18.8 Å². The molecule has 0 atom stereocenters. The number of amides is 1. The highest BCUT2D eigenvalue weighted by molar-refractivity contribution is 6.03. The lowest BCUT2D eigenvalue weighted by Crippen LogP contribution is -2.15. The zero-order chi connectivity index (χ0) is 14.9. The van der Waals surface area contributed by atoms with Gasteiger partial charge >= 0.3 is 0 Å². The molecule has 0 aliphatic rings. The summed E-state index contributed by atoms with van der Waals surface area (Å²) < 4.78 is 1.44. The van der Waals surface area contributed by atoms with Gasteiger partial charge in [-0.3, -0.25) is 14.9 Å². The number of carbonyl (C=O) groups excluding carboxylic acids is 1. The number of rotatable bonds is 3. The number of aromatic nitrogens is 1. The van der Waals surface area contributed by atoms with Gasteiger partial charge in [0.15, 0.2) is 0 Å². The number of hydrogen-bond acceptors (Lipinski definition) is 3. The molecule has 0 fully saturated rings. The van der Waals surface area contributed by atoms with E-state index in [0.717, 1.165) is 11.1 Å². The number of nitrogens with one attached hydrogen (secondary N) is 1. The highest BCUT2D eigenvalue weighted by atomic mass is 16.6. The predicted molar refractivity (Wildman–Crippen MR) is 75.9 cm³/mol. The van der Waals surface area contributed by atoms with Crippen LogP contribution in [-0.4, -0.2) is 15.4 Å². The van der Waals surface area contributed by atoms with Crippen molar-refractivity contribution in [2.24, 2.45) is 7.05 Å². The van der Waals surface area contributed by atoms with E-state index in [2.05, 4.69) is 5.32 Å². The van der Waals surface area contributed by atoms with Gasteiger partial charge in [-0.1, -0.05) is 6.07 Å². The van der Waals surface area contributed by atoms with Gasteiger partial charge in [-0.15, -0.1) is 0 Å². The molecule has 6 heteroatoms. The van der Waals surface area contributed by atoms with Crippen molar-refractivity contribution < 1.29 is 9.72 Å². The van der Waals surface area contributed by atoms with Crippen molar-refractivity contribution in [1.29, 1.82) is 0 Å². The van der Waals surface area contributed by atoms with Crippen LogP contribution in [0.5, 0.6) is 0 Å². The first-order valence-corrected chi connectivity index (χ1v) is 6.07. The minimum atomic E-state index is -0.520. The maximum atomic E-state index is 12.1. The van der Waals surface area contributed by atoms with Crippen molar-refractivity contribution in [3.05, 3.63) is 57.4 Å².